The maximum absolute atomic E-state index is 12.6. The van der Waals surface area contributed by atoms with Crippen molar-refractivity contribution in [2.75, 3.05) is 13.7 Å². The monoisotopic (exact) mass is 375 g/mol. The predicted molar refractivity (Wildman–Crippen MR) is 98.0 cm³/mol. The number of nitrogens with one attached hydrogen (secondary N) is 1. The minimum absolute atomic E-state index is 0.0284. The van der Waals surface area contributed by atoms with Gasteiger partial charge in [0.1, 0.15) is 16.6 Å². The fourth-order valence-electron chi connectivity index (χ4n) is 3.00. The molecule has 4 heterocycles. The van der Waals surface area contributed by atoms with Crippen molar-refractivity contribution in [3.63, 3.8) is 0 Å². The molecule has 1 aliphatic heterocycles. The van der Waals surface area contributed by atoms with Crippen molar-refractivity contribution in [3.05, 3.63) is 49.5 Å². The van der Waals surface area contributed by atoms with Gasteiger partial charge in [-0.2, -0.15) is 0 Å². The van der Waals surface area contributed by atoms with Crippen LogP contribution in [0.2, 0.25) is 0 Å². The van der Waals surface area contributed by atoms with Crippen LogP contribution in [0.5, 0.6) is 0 Å². The molecular formula is C17H17N3O3S2. The van der Waals surface area contributed by atoms with E-state index in [-0.39, 0.29) is 24.1 Å². The quantitative estimate of drug-likeness (QED) is 0.761. The Morgan fingerprint density at radius 2 is 2.24 bits per heavy atom. The van der Waals surface area contributed by atoms with Crippen LogP contribution < -0.4 is 5.56 Å². The first-order valence-corrected chi connectivity index (χ1v) is 9.76. The molecule has 1 unspecified atom stereocenters. The Kier molecular flexibility index (Phi) is 4.41. The second-order valence-corrected chi connectivity index (χ2v) is 7.88. The van der Waals surface area contributed by atoms with E-state index in [1.54, 1.807) is 23.3 Å². The lowest BCUT2D eigenvalue weighted by atomic mass is 10.1. The van der Waals surface area contributed by atoms with Crippen LogP contribution in [0, 0.1) is 0 Å². The predicted octanol–water partition coefficient (Wildman–Crippen LogP) is 2.71. The SMILES string of the molecule is CN(Cc1nc2ccsc2c(=O)[nH]1)C(=O)CC1OCCc2ccsc21. The zero-order valence-electron chi connectivity index (χ0n) is 13.7. The zero-order chi connectivity index (χ0) is 17.4. The molecule has 3 aromatic heterocycles. The summed E-state index contributed by atoms with van der Waals surface area (Å²) in [6.45, 7) is 0.916. The van der Waals surface area contributed by atoms with E-state index < -0.39 is 0 Å². The fraction of sp³-hybridized carbons (Fsp3) is 0.353. The summed E-state index contributed by atoms with van der Waals surface area (Å²) in [4.78, 5) is 34.5. The molecule has 3 aromatic rings. The van der Waals surface area contributed by atoms with Crippen molar-refractivity contribution in [2.45, 2.75) is 25.5 Å². The van der Waals surface area contributed by atoms with Crippen molar-refractivity contribution in [1.82, 2.24) is 14.9 Å². The fourth-order valence-corrected chi connectivity index (χ4v) is 4.73. The summed E-state index contributed by atoms with van der Waals surface area (Å²) in [5.74, 6) is 0.465. The number of ether oxygens (including phenoxy) is 1. The van der Waals surface area contributed by atoms with Crippen LogP contribution in [0.3, 0.4) is 0 Å². The highest BCUT2D eigenvalue weighted by atomic mass is 32.1. The molecule has 0 saturated carbocycles. The number of fused-ring (bicyclic) bond motifs is 2. The molecule has 0 bridgehead atoms. The molecule has 1 atom stereocenters. The average Bonchev–Trinajstić information content (AvgIpc) is 3.24. The number of hydrogen-bond acceptors (Lipinski definition) is 6. The largest absolute Gasteiger partial charge is 0.372 e. The maximum Gasteiger partial charge on any atom is 0.268 e. The Morgan fingerprint density at radius 1 is 1.40 bits per heavy atom. The van der Waals surface area contributed by atoms with Crippen molar-refractivity contribution in [3.8, 4) is 0 Å². The number of hydrogen-bond donors (Lipinski definition) is 1. The number of thiophene rings is 2. The Morgan fingerprint density at radius 3 is 3.12 bits per heavy atom. The van der Waals surface area contributed by atoms with Crippen LogP contribution in [-0.2, 0) is 22.5 Å². The molecule has 1 aliphatic rings. The lowest BCUT2D eigenvalue weighted by Gasteiger charge is -2.25. The number of aromatic nitrogens is 2. The zero-order valence-corrected chi connectivity index (χ0v) is 15.3. The van der Waals surface area contributed by atoms with Crippen molar-refractivity contribution in [1.29, 1.82) is 0 Å². The molecule has 6 nitrogen and oxygen atoms in total. The van der Waals surface area contributed by atoms with Crippen LogP contribution in [0.15, 0.2) is 27.7 Å². The third-order valence-corrected chi connectivity index (χ3v) is 6.25. The van der Waals surface area contributed by atoms with E-state index >= 15 is 0 Å². The molecule has 0 fully saturated rings. The highest BCUT2D eigenvalue weighted by Gasteiger charge is 2.26. The number of amides is 1. The molecule has 1 N–H and O–H groups in total. The first kappa shape index (κ1) is 16.4. The van der Waals surface area contributed by atoms with E-state index in [0.29, 0.717) is 29.1 Å². The van der Waals surface area contributed by atoms with Crippen LogP contribution in [0.1, 0.15) is 28.8 Å². The summed E-state index contributed by atoms with van der Waals surface area (Å²) in [5.41, 5.74) is 1.80. The lowest BCUT2D eigenvalue weighted by molar-refractivity contribution is -0.133. The maximum atomic E-state index is 12.6. The minimum Gasteiger partial charge on any atom is -0.372 e. The van der Waals surface area contributed by atoms with Gasteiger partial charge in [0, 0.05) is 11.9 Å². The molecule has 130 valence electrons. The van der Waals surface area contributed by atoms with Gasteiger partial charge >= 0.3 is 0 Å². The summed E-state index contributed by atoms with van der Waals surface area (Å²) in [7, 11) is 1.72. The molecule has 4 rings (SSSR count). The Bertz CT molecular complexity index is 975. The Labute approximate surface area is 152 Å². The van der Waals surface area contributed by atoms with E-state index in [9.17, 15) is 9.59 Å². The third kappa shape index (κ3) is 3.24. The molecule has 1 amide bonds. The van der Waals surface area contributed by atoms with Crippen molar-refractivity contribution in [2.24, 2.45) is 0 Å². The van der Waals surface area contributed by atoms with Crippen LogP contribution in [0.4, 0.5) is 0 Å². The van der Waals surface area contributed by atoms with Crippen molar-refractivity contribution < 1.29 is 9.53 Å². The second-order valence-electron chi connectivity index (χ2n) is 6.02. The summed E-state index contributed by atoms with van der Waals surface area (Å²) in [6, 6.07) is 3.92. The van der Waals surface area contributed by atoms with Gasteiger partial charge < -0.3 is 14.6 Å². The summed E-state index contributed by atoms with van der Waals surface area (Å²) in [5, 5.41) is 3.88. The summed E-state index contributed by atoms with van der Waals surface area (Å²) in [6.07, 6.45) is 1.03. The molecule has 0 spiro atoms. The molecule has 0 aromatic carbocycles. The van der Waals surface area contributed by atoms with Gasteiger partial charge in [0.15, 0.2) is 0 Å². The van der Waals surface area contributed by atoms with Gasteiger partial charge in [0.25, 0.3) is 5.56 Å². The number of carbonyl (C=O) groups is 1. The van der Waals surface area contributed by atoms with Gasteiger partial charge in [-0.1, -0.05) is 0 Å². The van der Waals surface area contributed by atoms with Gasteiger partial charge in [-0.05, 0) is 34.9 Å². The molecule has 25 heavy (non-hydrogen) atoms. The van der Waals surface area contributed by atoms with Gasteiger partial charge in [0.2, 0.25) is 5.91 Å². The topological polar surface area (TPSA) is 75.3 Å². The first-order chi connectivity index (χ1) is 12.1. The van der Waals surface area contributed by atoms with Crippen LogP contribution in [0.25, 0.3) is 10.2 Å². The Hall–Kier alpha value is -2.03. The minimum atomic E-state index is -0.176. The van der Waals surface area contributed by atoms with E-state index in [1.165, 1.54) is 16.9 Å². The van der Waals surface area contributed by atoms with Gasteiger partial charge in [-0.15, -0.1) is 22.7 Å². The van der Waals surface area contributed by atoms with E-state index in [0.717, 1.165) is 11.3 Å². The third-order valence-electron chi connectivity index (χ3n) is 4.30. The standard InChI is InChI=1S/C17H17N3O3S2/c1-20(9-13-18-11-4-7-25-16(11)17(22)19-13)14(21)8-12-15-10(2-5-23-12)3-6-24-15/h3-4,6-7,12H,2,5,8-9H2,1H3,(H,18,19,22). The van der Waals surface area contributed by atoms with Gasteiger partial charge in [-0.25, -0.2) is 4.98 Å². The molecule has 8 heteroatoms. The number of aromatic amines is 1. The first-order valence-electron chi connectivity index (χ1n) is 8.00. The average molecular weight is 375 g/mol. The van der Waals surface area contributed by atoms with Gasteiger partial charge in [-0.3, -0.25) is 9.59 Å². The normalized spacial score (nSPS) is 16.8. The molecule has 0 radical (unpaired) electrons. The summed E-state index contributed by atoms with van der Waals surface area (Å²) >= 11 is 3.00. The van der Waals surface area contributed by atoms with E-state index in [1.807, 2.05) is 16.8 Å². The number of carbonyl (C=O) groups excluding carboxylic acids is 1. The molecule has 0 saturated heterocycles. The lowest BCUT2D eigenvalue weighted by Crippen LogP contribution is -2.30. The smallest absolute Gasteiger partial charge is 0.268 e. The summed E-state index contributed by atoms with van der Waals surface area (Å²) < 4.78 is 6.40. The Balaban J connectivity index is 1.46. The van der Waals surface area contributed by atoms with E-state index in [2.05, 4.69) is 16.0 Å². The van der Waals surface area contributed by atoms with E-state index in [4.69, 9.17) is 4.74 Å². The highest BCUT2D eigenvalue weighted by Crippen LogP contribution is 2.34. The second kappa shape index (κ2) is 6.70. The van der Waals surface area contributed by atoms with Crippen LogP contribution in [-0.4, -0.2) is 34.4 Å². The number of H-pyrrole nitrogens is 1. The van der Waals surface area contributed by atoms with Crippen LogP contribution >= 0.6 is 22.7 Å². The van der Waals surface area contributed by atoms with Crippen molar-refractivity contribution >= 4 is 38.8 Å². The molecule has 0 aliphatic carbocycles. The number of nitrogens with zero attached hydrogens (tertiary/aromatic N) is 2. The molecular weight excluding hydrogens is 358 g/mol. The van der Waals surface area contributed by atoms with Gasteiger partial charge in [0.05, 0.1) is 25.1 Å². The highest BCUT2D eigenvalue weighted by molar-refractivity contribution is 7.17. The number of rotatable bonds is 4.